The normalized spacial score (nSPS) is 12.0. The van der Waals surface area contributed by atoms with Crippen molar-refractivity contribution in [1.82, 2.24) is 0 Å². The van der Waals surface area contributed by atoms with Gasteiger partial charge in [0, 0.05) is 40.3 Å². The molecule has 3 aromatic heterocycles. The zero-order valence-electron chi connectivity index (χ0n) is 21.7. The third-order valence-electron chi connectivity index (χ3n) is 8.10. The molecule has 9 rings (SSSR count). The van der Waals surface area contributed by atoms with Gasteiger partial charge in [0.05, 0.1) is 10.8 Å². The van der Waals surface area contributed by atoms with E-state index >= 15 is 0 Å². The summed E-state index contributed by atoms with van der Waals surface area (Å²) in [6, 6.07) is 41.9. The van der Waals surface area contributed by atoms with Crippen molar-refractivity contribution in [2.45, 2.75) is 0 Å². The second-order valence-corrected chi connectivity index (χ2v) is 12.5. The molecular formula is C37H20O2S2. The Kier molecular flexibility index (Phi) is 4.83. The van der Waals surface area contributed by atoms with Crippen molar-refractivity contribution in [2.75, 3.05) is 0 Å². The van der Waals surface area contributed by atoms with Gasteiger partial charge in [-0.1, -0.05) is 84.9 Å². The van der Waals surface area contributed by atoms with E-state index in [9.17, 15) is 4.79 Å². The van der Waals surface area contributed by atoms with Crippen LogP contribution in [-0.2, 0) is 0 Å². The van der Waals surface area contributed by atoms with Gasteiger partial charge in [-0.05, 0) is 58.7 Å². The summed E-state index contributed by atoms with van der Waals surface area (Å²) in [6.45, 7) is 0. The van der Waals surface area contributed by atoms with E-state index in [1.807, 2.05) is 24.3 Å². The molecule has 0 N–H and O–H groups in total. The summed E-state index contributed by atoms with van der Waals surface area (Å²) in [4.78, 5) is 14.0. The molecule has 2 nitrogen and oxygen atoms in total. The number of thiophene rings is 2. The summed E-state index contributed by atoms with van der Waals surface area (Å²) in [5.41, 5.74) is 5.52. The lowest BCUT2D eigenvalue weighted by molar-refractivity contribution is 0.660. The SMILES string of the molecule is O=c1c2cc(-c3cccc4c3sc3ccccc34)ccc2oc2ccc(-c3cccc4c3sc3ccccc34)cc12. The van der Waals surface area contributed by atoms with Crippen molar-refractivity contribution in [3.63, 3.8) is 0 Å². The molecule has 41 heavy (non-hydrogen) atoms. The predicted molar refractivity (Wildman–Crippen MR) is 177 cm³/mol. The van der Waals surface area contributed by atoms with Gasteiger partial charge in [0.1, 0.15) is 11.2 Å². The van der Waals surface area contributed by atoms with Crippen LogP contribution in [0.25, 0.3) is 84.5 Å². The number of rotatable bonds is 2. The van der Waals surface area contributed by atoms with Gasteiger partial charge in [0.25, 0.3) is 0 Å². The standard InChI is InChI=1S/C37H20O2S2/c38-35-29-19-21(23-9-5-11-27-25-7-1-3-13-33(25)40-36(23)27)15-17-31(29)39-32-18-16-22(20-30(32)35)24-10-6-12-28-26-8-2-4-14-34(26)41-37(24)28/h1-20H. The van der Waals surface area contributed by atoms with Crippen molar-refractivity contribution < 1.29 is 4.42 Å². The Morgan fingerprint density at radius 1 is 0.439 bits per heavy atom. The minimum absolute atomic E-state index is 0.00279. The first-order valence-electron chi connectivity index (χ1n) is 13.5. The van der Waals surface area contributed by atoms with Gasteiger partial charge in [-0.3, -0.25) is 4.79 Å². The fraction of sp³-hybridized carbons (Fsp3) is 0. The van der Waals surface area contributed by atoms with E-state index in [1.54, 1.807) is 22.7 Å². The van der Waals surface area contributed by atoms with Crippen molar-refractivity contribution >= 4 is 85.0 Å². The molecule has 192 valence electrons. The monoisotopic (exact) mass is 560 g/mol. The maximum atomic E-state index is 14.0. The van der Waals surface area contributed by atoms with Gasteiger partial charge < -0.3 is 4.42 Å². The molecule has 0 atom stereocenters. The molecule has 0 saturated carbocycles. The molecule has 0 aliphatic carbocycles. The van der Waals surface area contributed by atoms with Crippen LogP contribution in [0.1, 0.15) is 0 Å². The summed E-state index contributed by atoms with van der Waals surface area (Å²) in [5.74, 6) is 0. The molecular weight excluding hydrogens is 541 g/mol. The van der Waals surface area contributed by atoms with Crippen molar-refractivity contribution in [1.29, 1.82) is 0 Å². The topological polar surface area (TPSA) is 30.2 Å². The molecule has 4 heteroatoms. The highest BCUT2D eigenvalue weighted by atomic mass is 32.1. The van der Waals surface area contributed by atoms with Crippen molar-refractivity contribution in [2.24, 2.45) is 0 Å². The van der Waals surface area contributed by atoms with Crippen LogP contribution in [0.5, 0.6) is 0 Å². The van der Waals surface area contributed by atoms with Crippen LogP contribution in [0, 0.1) is 0 Å². The third-order valence-corrected chi connectivity index (χ3v) is 10.5. The van der Waals surface area contributed by atoms with Crippen LogP contribution in [0.15, 0.2) is 131 Å². The lowest BCUT2D eigenvalue weighted by atomic mass is 9.99. The fourth-order valence-electron chi connectivity index (χ4n) is 6.14. The highest BCUT2D eigenvalue weighted by molar-refractivity contribution is 7.26. The number of hydrogen-bond donors (Lipinski definition) is 0. The van der Waals surface area contributed by atoms with E-state index in [0.29, 0.717) is 21.9 Å². The summed E-state index contributed by atoms with van der Waals surface area (Å²) >= 11 is 3.59. The number of fused-ring (bicyclic) bond motifs is 8. The van der Waals surface area contributed by atoms with E-state index < -0.39 is 0 Å². The molecule has 0 amide bonds. The smallest absolute Gasteiger partial charge is 0.200 e. The fourth-order valence-corrected chi connectivity index (χ4v) is 8.62. The van der Waals surface area contributed by atoms with E-state index in [1.165, 1.54) is 40.3 Å². The quantitative estimate of drug-likeness (QED) is 0.197. The molecule has 0 saturated heterocycles. The Balaban J connectivity index is 1.25. The molecule has 6 aromatic carbocycles. The molecule has 0 spiro atoms. The highest BCUT2D eigenvalue weighted by Crippen LogP contribution is 2.42. The summed E-state index contributed by atoms with van der Waals surface area (Å²) in [7, 11) is 0. The van der Waals surface area contributed by atoms with Crippen LogP contribution in [0.4, 0.5) is 0 Å². The third kappa shape index (κ3) is 3.38. The average Bonchev–Trinajstić information content (AvgIpc) is 3.60. The largest absolute Gasteiger partial charge is 0.456 e. The van der Waals surface area contributed by atoms with Gasteiger partial charge in [-0.2, -0.15) is 0 Å². The maximum Gasteiger partial charge on any atom is 0.200 e. The summed E-state index contributed by atoms with van der Waals surface area (Å²) < 4.78 is 11.3. The van der Waals surface area contributed by atoms with Crippen LogP contribution in [0.2, 0.25) is 0 Å². The van der Waals surface area contributed by atoms with E-state index in [-0.39, 0.29) is 5.43 Å². The zero-order chi connectivity index (χ0) is 27.1. The van der Waals surface area contributed by atoms with Gasteiger partial charge in [0.15, 0.2) is 0 Å². The Bertz CT molecular complexity index is 2390. The zero-order valence-corrected chi connectivity index (χ0v) is 23.3. The second-order valence-electron chi connectivity index (χ2n) is 10.4. The second kappa shape index (κ2) is 8.61. The van der Waals surface area contributed by atoms with Crippen LogP contribution < -0.4 is 5.43 Å². The molecule has 0 aliphatic rings. The first kappa shape index (κ1) is 23.0. The summed E-state index contributed by atoms with van der Waals surface area (Å²) in [6.07, 6.45) is 0. The van der Waals surface area contributed by atoms with E-state index in [4.69, 9.17) is 4.42 Å². The van der Waals surface area contributed by atoms with Gasteiger partial charge >= 0.3 is 0 Å². The molecule has 9 aromatic rings. The van der Waals surface area contributed by atoms with Crippen molar-refractivity contribution in [3.05, 3.63) is 132 Å². The first-order chi connectivity index (χ1) is 20.2. The molecule has 0 aliphatic heterocycles. The first-order valence-corrected chi connectivity index (χ1v) is 15.2. The lowest BCUT2D eigenvalue weighted by Gasteiger charge is -2.08. The van der Waals surface area contributed by atoms with E-state index in [0.717, 1.165) is 22.3 Å². The minimum Gasteiger partial charge on any atom is -0.456 e. The van der Waals surface area contributed by atoms with Gasteiger partial charge in [0.2, 0.25) is 5.43 Å². The molecule has 0 unspecified atom stereocenters. The van der Waals surface area contributed by atoms with Crippen LogP contribution >= 0.6 is 22.7 Å². The predicted octanol–water partition coefficient (Wildman–Crippen LogP) is 11.0. The van der Waals surface area contributed by atoms with Crippen molar-refractivity contribution in [3.8, 4) is 22.3 Å². The Hall–Kier alpha value is -4.77. The van der Waals surface area contributed by atoms with Crippen LogP contribution in [0.3, 0.4) is 0 Å². The number of hydrogen-bond acceptors (Lipinski definition) is 4. The Morgan fingerprint density at radius 3 is 1.41 bits per heavy atom. The number of benzene rings is 6. The maximum absolute atomic E-state index is 14.0. The molecule has 0 fully saturated rings. The van der Waals surface area contributed by atoms with Crippen LogP contribution in [-0.4, -0.2) is 0 Å². The minimum atomic E-state index is -0.00279. The Morgan fingerprint density at radius 2 is 0.902 bits per heavy atom. The lowest BCUT2D eigenvalue weighted by Crippen LogP contribution is -2.02. The summed E-state index contributed by atoms with van der Waals surface area (Å²) in [5, 5.41) is 6.22. The van der Waals surface area contributed by atoms with E-state index in [2.05, 4.69) is 97.1 Å². The molecule has 0 radical (unpaired) electrons. The van der Waals surface area contributed by atoms with Gasteiger partial charge in [-0.15, -0.1) is 22.7 Å². The average molecular weight is 561 g/mol. The highest BCUT2D eigenvalue weighted by Gasteiger charge is 2.15. The molecule has 3 heterocycles. The molecule has 0 bridgehead atoms. The Labute approximate surface area is 242 Å². The van der Waals surface area contributed by atoms with Gasteiger partial charge in [-0.25, -0.2) is 0 Å².